The normalized spacial score (nSPS) is 13.7. The zero-order valence-corrected chi connectivity index (χ0v) is 20.6. The number of nitrogens with zero attached hydrogens (tertiary/aromatic N) is 2. The predicted octanol–water partition coefficient (Wildman–Crippen LogP) is 8.02. The van der Waals surface area contributed by atoms with Crippen LogP contribution >= 0.6 is 0 Å². The lowest BCUT2D eigenvalue weighted by atomic mass is 9.90. The fraction of sp³-hybridized carbons (Fsp3) is 0.481. The standard InChI is InChI=1S/C25H33N3O.C2H6/c1-8-10-20-14-26-25-24(28(20)17(6)15(3)4)23(16(5)9-2)21-12-11-19(18(7)29)13-22(21)27-25;1-2/h11-16H,6,8-10H2,1-5,7H3,(H,26,27);1-2H3. The van der Waals surface area contributed by atoms with Gasteiger partial charge in [0.1, 0.15) is 0 Å². The van der Waals surface area contributed by atoms with E-state index in [1.54, 1.807) is 6.92 Å². The fourth-order valence-corrected chi connectivity index (χ4v) is 3.92. The minimum atomic E-state index is 0.0596. The number of fused-ring (bicyclic) bond motifs is 2. The molecular weight excluding hydrogens is 382 g/mol. The van der Waals surface area contributed by atoms with Gasteiger partial charge in [-0.05, 0) is 43.2 Å². The van der Waals surface area contributed by atoms with Crippen molar-refractivity contribution in [2.75, 3.05) is 10.2 Å². The van der Waals surface area contributed by atoms with Gasteiger partial charge in [0, 0.05) is 28.5 Å². The third-order valence-corrected chi connectivity index (χ3v) is 5.86. The van der Waals surface area contributed by atoms with E-state index in [-0.39, 0.29) is 5.78 Å². The minimum absolute atomic E-state index is 0.0596. The summed E-state index contributed by atoms with van der Waals surface area (Å²) in [6.45, 7) is 21.1. The van der Waals surface area contributed by atoms with E-state index in [9.17, 15) is 4.79 Å². The summed E-state index contributed by atoms with van der Waals surface area (Å²) in [4.78, 5) is 19.2. The molecule has 0 fully saturated rings. The third-order valence-electron chi connectivity index (χ3n) is 5.86. The van der Waals surface area contributed by atoms with E-state index in [0.29, 0.717) is 17.4 Å². The Kier molecular flexibility index (Phi) is 8.43. The van der Waals surface area contributed by atoms with Crippen molar-refractivity contribution in [1.29, 1.82) is 0 Å². The number of anilines is 2. The van der Waals surface area contributed by atoms with Gasteiger partial charge < -0.3 is 10.2 Å². The van der Waals surface area contributed by atoms with Crippen LogP contribution in [-0.4, -0.2) is 10.8 Å². The van der Waals surface area contributed by atoms with Gasteiger partial charge in [0.2, 0.25) is 0 Å². The number of benzene rings is 1. The van der Waals surface area contributed by atoms with Crippen molar-refractivity contribution in [3.63, 3.8) is 0 Å². The molecule has 1 aromatic carbocycles. The van der Waals surface area contributed by atoms with Crippen LogP contribution in [0.2, 0.25) is 0 Å². The largest absolute Gasteiger partial charge is 0.343 e. The minimum Gasteiger partial charge on any atom is -0.343 e. The Bertz CT molecular complexity index is 988. The molecule has 2 heterocycles. The van der Waals surface area contributed by atoms with Crippen molar-refractivity contribution >= 4 is 28.2 Å². The summed E-state index contributed by atoms with van der Waals surface area (Å²) in [5.74, 6) is 1.57. The van der Waals surface area contributed by atoms with E-state index < -0.39 is 0 Å². The van der Waals surface area contributed by atoms with Crippen molar-refractivity contribution in [3.05, 3.63) is 53.5 Å². The molecule has 4 heteroatoms. The molecule has 0 radical (unpaired) electrons. The number of pyridine rings is 1. The van der Waals surface area contributed by atoms with E-state index in [1.165, 1.54) is 11.3 Å². The van der Waals surface area contributed by atoms with Crippen LogP contribution in [0.15, 0.2) is 42.4 Å². The zero-order valence-electron chi connectivity index (χ0n) is 20.6. The van der Waals surface area contributed by atoms with Crippen molar-refractivity contribution in [2.24, 2.45) is 5.92 Å². The SMILES string of the molecule is C=C(C(C)C)N1C(CCC)=CNc2nc3cc(C(C)=O)ccc3c(C(C)CC)c21.CC. The highest BCUT2D eigenvalue weighted by Crippen LogP contribution is 2.46. The van der Waals surface area contributed by atoms with Gasteiger partial charge in [0.05, 0.1) is 11.2 Å². The van der Waals surface area contributed by atoms with Gasteiger partial charge in [-0.1, -0.05) is 73.6 Å². The van der Waals surface area contributed by atoms with Crippen molar-refractivity contribution in [1.82, 2.24) is 4.98 Å². The van der Waals surface area contributed by atoms with Gasteiger partial charge in [0.25, 0.3) is 0 Å². The van der Waals surface area contributed by atoms with Crippen LogP contribution in [0, 0.1) is 5.92 Å². The van der Waals surface area contributed by atoms with E-state index in [2.05, 4.69) is 63.7 Å². The second-order valence-electron chi connectivity index (χ2n) is 8.33. The summed E-state index contributed by atoms with van der Waals surface area (Å²) in [6.07, 6.45) is 5.12. The first-order valence-electron chi connectivity index (χ1n) is 11.7. The molecule has 168 valence electrons. The summed E-state index contributed by atoms with van der Waals surface area (Å²) in [7, 11) is 0. The summed E-state index contributed by atoms with van der Waals surface area (Å²) in [5.41, 5.74) is 6.26. The first kappa shape index (κ1) is 24.6. The Morgan fingerprint density at radius 2 is 1.87 bits per heavy atom. The number of carbonyl (C=O) groups excluding carboxylic acids is 1. The summed E-state index contributed by atoms with van der Waals surface area (Å²) in [5, 5.41) is 4.56. The first-order chi connectivity index (χ1) is 14.8. The molecule has 1 aliphatic heterocycles. The van der Waals surface area contributed by atoms with Gasteiger partial charge in [-0.25, -0.2) is 4.98 Å². The molecule has 1 aliphatic rings. The number of aromatic nitrogens is 1. The maximum Gasteiger partial charge on any atom is 0.159 e. The molecule has 1 aromatic heterocycles. The molecule has 0 aliphatic carbocycles. The van der Waals surface area contributed by atoms with Gasteiger partial charge in [-0.2, -0.15) is 0 Å². The molecule has 3 rings (SSSR count). The van der Waals surface area contributed by atoms with Gasteiger partial charge in [-0.3, -0.25) is 4.79 Å². The van der Waals surface area contributed by atoms with Gasteiger partial charge >= 0.3 is 0 Å². The predicted molar refractivity (Wildman–Crippen MR) is 135 cm³/mol. The average molecular weight is 422 g/mol. The Balaban J connectivity index is 0.00000166. The van der Waals surface area contributed by atoms with Crippen LogP contribution in [0.25, 0.3) is 10.9 Å². The molecule has 0 saturated heterocycles. The molecular formula is C27H39N3O. The Labute approximate surface area is 188 Å². The second-order valence-corrected chi connectivity index (χ2v) is 8.33. The van der Waals surface area contributed by atoms with Crippen LogP contribution in [0.5, 0.6) is 0 Å². The second kappa shape index (κ2) is 10.6. The molecule has 2 aromatic rings. The van der Waals surface area contributed by atoms with Crippen molar-refractivity contribution in [2.45, 2.75) is 80.6 Å². The lowest BCUT2D eigenvalue weighted by molar-refractivity contribution is 0.101. The van der Waals surface area contributed by atoms with Gasteiger partial charge in [0.15, 0.2) is 11.6 Å². The van der Waals surface area contributed by atoms with Crippen LogP contribution in [-0.2, 0) is 0 Å². The van der Waals surface area contributed by atoms with Crippen LogP contribution in [0.1, 0.15) is 96.5 Å². The maximum absolute atomic E-state index is 11.9. The smallest absolute Gasteiger partial charge is 0.159 e. The number of Topliss-reactive ketones (excluding diaryl/α,β-unsaturated/α-hetero) is 1. The number of ketones is 1. The maximum atomic E-state index is 11.9. The highest BCUT2D eigenvalue weighted by atomic mass is 16.1. The van der Waals surface area contributed by atoms with Gasteiger partial charge in [-0.15, -0.1) is 0 Å². The number of carbonyl (C=O) groups is 1. The van der Waals surface area contributed by atoms with E-state index in [4.69, 9.17) is 4.98 Å². The lowest BCUT2D eigenvalue weighted by Crippen LogP contribution is -2.30. The van der Waals surface area contributed by atoms with Crippen molar-refractivity contribution in [3.8, 4) is 0 Å². The monoisotopic (exact) mass is 421 g/mol. The molecule has 4 nitrogen and oxygen atoms in total. The van der Waals surface area contributed by atoms with E-state index in [1.807, 2.05) is 26.0 Å². The highest BCUT2D eigenvalue weighted by molar-refractivity contribution is 6.01. The van der Waals surface area contributed by atoms with Crippen LogP contribution in [0.3, 0.4) is 0 Å². The molecule has 1 unspecified atom stereocenters. The first-order valence-corrected chi connectivity index (χ1v) is 11.7. The number of rotatable bonds is 7. The molecule has 0 bridgehead atoms. The fourth-order valence-electron chi connectivity index (χ4n) is 3.92. The van der Waals surface area contributed by atoms with Crippen LogP contribution in [0.4, 0.5) is 11.5 Å². The summed E-state index contributed by atoms with van der Waals surface area (Å²) >= 11 is 0. The summed E-state index contributed by atoms with van der Waals surface area (Å²) in [6, 6.07) is 5.90. The highest BCUT2D eigenvalue weighted by Gasteiger charge is 2.30. The van der Waals surface area contributed by atoms with Crippen molar-refractivity contribution < 1.29 is 4.79 Å². The Morgan fingerprint density at radius 3 is 2.42 bits per heavy atom. The molecule has 0 spiro atoms. The Morgan fingerprint density at radius 1 is 1.19 bits per heavy atom. The number of hydrogen-bond acceptors (Lipinski definition) is 4. The van der Waals surface area contributed by atoms with Crippen LogP contribution < -0.4 is 10.2 Å². The number of hydrogen-bond donors (Lipinski definition) is 1. The lowest BCUT2D eigenvalue weighted by Gasteiger charge is -2.38. The molecule has 31 heavy (non-hydrogen) atoms. The third kappa shape index (κ3) is 4.84. The molecule has 0 amide bonds. The van der Waals surface area contributed by atoms with E-state index in [0.717, 1.165) is 47.4 Å². The molecule has 0 saturated carbocycles. The number of nitrogens with one attached hydrogen (secondary N) is 1. The summed E-state index contributed by atoms with van der Waals surface area (Å²) < 4.78 is 0. The molecule has 1 atom stereocenters. The van der Waals surface area contributed by atoms with E-state index >= 15 is 0 Å². The average Bonchev–Trinajstić information content (AvgIpc) is 2.77. The topological polar surface area (TPSA) is 45.2 Å². The number of allylic oxidation sites excluding steroid dienone is 2. The Hall–Kier alpha value is -2.62. The quantitative estimate of drug-likeness (QED) is 0.460. The zero-order chi connectivity index (χ0) is 23.3. The molecule has 1 N–H and O–H groups in total.